The Labute approximate surface area is 108 Å². The number of halogens is 1. The minimum Gasteiger partial charge on any atom is -0.461 e. The van der Waals surface area contributed by atoms with E-state index >= 15 is 0 Å². The molecule has 92 valence electrons. The summed E-state index contributed by atoms with van der Waals surface area (Å²) in [7, 11) is 0. The molecule has 0 aromatic heterocycles. The lowest BCUT2D eigenvalue weighted by atomic mass is 10.1. The van der Waals surface area contributed by atoms with Crippen molar-refractivity contribution >= 4 is 33.5 Å². The summed E-state index contributed by atoms with van der Waals surface area (Å²) in [4.78, 5) is 21.7. The van der Waals surface area contributed by atoms with Crippen LogP contribution in [0.5, 0.6) is 0 Å². The molecular formula is C12H14BrNO3. The van der Waals surface area contributed by atoms with E-state index in [-0.39, 0.29) is 18.5 Å². The maximum Gasteiger partial charge on any atom is 0.302 e. The number of hydrogen-bond donors (Lipinski definition) is 1. The Kier molecular flexibility index (Phi) is 4.69. The number of ether oxygens (including phenoxy) is 1. The van der Waals surface area contributed by atoms with Gasteiger partial charge in [-0.25, -0.2) is 0 Å². The zero-order valence-corrected chi connectivity index (χ0v) is 11.6. The molecule has 0 aliphatic rings. The van der Waals surface area contributed by atoms with E-state index < -0.39 is 0 Å². The average Bonchev–Trinajstić information content (AvgIpc) is 2.20. The maximum atomic E-state index is 11.0. The average molecular weight is 300 g/mol. The number of hydrogen-bond acceptors (Lipinski definition) is 3. The van der Waals surface area contributed by atoms with Crippen LogP contribution in [0.4, 0.5) is 5.69 Å². The van der Waals surface area contributed by atoms with Crippen LogP contribution in [0.1, 0.15) is 25.0 Å². The number of carbonyl (C=O) groups is 2. The van der Waals surface area contributed by atoms with Crippen LogP contribution in [0.2, 0.25) is 0 Å². The van der Waals surface area contributed by atoms with Gasteiger partial charge in [-0.15, -0.1) is 0 Å². The van der Waals surface area contributed by atoms with Crippen molar-refractivity contribution in [2.24, 2.45) is 0 Å². The number of benzene rings is 1. The number of aryl methyl sites for hydroxylation is 1. The molecule has 0 fully saturated rings. The molecule has 0 spiro atoms. The largest absolute Gasteiger partial charge is 0.461 e. The van der Waals surface area contributed by atoms with Crippen molar-refractivity contribution in [1.82, 2.24) is 0 Å². The predicted molar refractivity (Wildman–Crippen MR) is 68.7 cm³/mol. The first kappa shape index (κ1) is 13.7. The van der Waals surface area contributed by atoms with Crippen molar-refractivity contribution in [3.63, 3.8) is 0 Å². The normalized spacial score (nSPS) is 9.88. The first-order valence-corrected chi connectivity index (χ1v) is 5.89. The number of rotatable bonds is 3. The van der Waals surface area contributed by atoms with E-state index in [0.717, 1.165) is 15.6 Å². The molecule has 1 N–H and O–H groups in total. The molecule has 1 amide bonds. The molecule has 0 heterocycles. The summed E-state index contributed by atoms with van der Waals surface area (Å²) in [6.45, 7) is 4.96. The molecule has 4 nitrogen and oxygen atoms in total. The fraction of sp³-hybridized carbons (Fsp3) is 0.333. The molecular weight excluding hydrogens is 286 g/mol. The quantitative estimate of drug-likeness (QED) is 0.873. The highest BCUT2D eigenvalue weighted by atomic mass is 79.9. The minimum absolute atomic E-state index is 0.127. The first-order valence-electron chi connectivity index (χ1n) is 5.10. The third-order valence-electron chi connectivity index (χ3n) is 2.17. The zero-order chi connectivity index (χ0) is 13.0. The van der Waals surface area contributed by atoms with Crippen LogP contribution in [0.25, 0.3) is 0 Å². The molecule has 1 rings (SSSR count). The highest BCUT2D eigenvalue weighted by Gasteiger charge is 2.07. The number of nitrogens with one attached hydrogen (secondary N) is 1. The maximum absolute atomic E-state index is 11.0. The van der Waals surface area contributed by atoms with E-state index in [2.05, 4.69) is 21.2 Å². The molecule has 0 saturated carbocycles. The Morgan fingerprint density at radius 2 is 2.00 bits per heavy atom. The monoisotopic (exact) mass is 299 g/mol. The number of amides is 1. The summed E-state index contributed by atoms with van der Waals surface area (Å²) in [6.07, 6.45) is 0. The Balaban J connectivity index is 2.92. The van der Waals surface area contributed by atoms with Crippen LogP contribution in [0, 0.1) is 6.92 Å². The van der Waals surface area contributed by atoms with E-state index in [1.165, 1.54) is 13.8 Å². The summed E-state index contributed by atoms with van der Waals surface area (Å²) in [5.41, 5.74) is 2.57. The van der Waals surface area contributed by atoms with Gasteiger partial charge >= 0.3 is 5.97 Å². The first-order chi connectivity index (χ1) is 7.90. The zero-order valence-electron chi connectivity index (χ0n) is 9.96. The van der Waals surface area contributed by atoms with Crippen molar-refractivity contribution < 1.29 is 14.3 Å². The molecule has 0 bridgehead atoms. The van der Waals surface area contributed by atoms with E-state index in [9.17, 15) is 9.59 Å². The molecule has 17 heavy (non-hydrogen) atoms. The summed E-state index contributed by atoms with van der Waals surface area (Å²) in [5, 5.41) is 2.71. The summed E-state index contributed by atoms with van der Waals surface area (Å²) in [6, 6.07) is 3.67. The second kappa shape index (κ2) is 5.82. The highest BCUT2D eigenvalue weighted by Crippen LogP contribution is 2.26. The standard InChI is InChI=1S/C12H14BrNO3/c1-7-4-12(14-8(2)15)11(13)5-10(7)6-17-9(3)16/h4-5H,6H2,1-3H3,(H,14,15). The molecule has 5 heteroatoms. The lowest BCUT2D eigenvalue weighted by Crippen LogP contribution is -2.07. The molecule has 0 atom stereocenters. The third-order valence-corrected chi connectivity index (χ3v) is 2.82. The van der Waals surface area contributed by atoms with Gasteiger partial charge in [0, 0.05) is 18.3 Å². The fourth-order valence-corrected chi connectivity index (χ4v) is 1.83. The van der Waals surface area contributed by atoms with Crippen LogP contribution in [0.3, 0.4) is 0 Å². The number of esters is 1. The number of carbonyl (C=O) groups excluding carboxylic acids is 2. The second-order valence-corrected chi connectivity index (χ2v) is 4.57. The van der Waals surface area contributed by atoms with Gasteiger partial charge in [0.15, 0.2) is 0 Å². The van der Waals surface area contributed by atoms with Gasteiger partial charge in [-0.2, -0.15) is 0 Å². The van der Waals surface area contributed by atoms with Gasteiger partial charge in [-0.05, 0) is 46.1 Å². The van der Waals surface area contributed by atoms with E-state index in [0.29, 0.717) is 5.69 Å². The van der Waals surface area contributed by atoms with Crippen molar-refractivity contribution in [3.8, 4) is 0 Å². The van der Waals surface area contributed by atoms with Gasteiger partial charge in [-0.3, -0.25) is 9.59 Å². The third kappa shape index (κ3) is 4.19. The lowest BCUT2D eigenvalue weighted by molar-refractivity contribution is -0.142. The summed E-state index contributed by atoms with van der Waals surface area (Å²) < 4.78 is 5.70. The van der Waals surface area contributed by atoms with E-state index in [1.54, 1.807) is 0 Å². The van der Waals surface area contributed by atoms with E-state index in [4.69, 9.17) is 4.74 Å². The lowest BCUT2D eigenvalue weighted by Gasteiger charge is -2.11. The molecule has 0 unspecified atom stereocenters. The predicted octanol–water partition coefficient (Wildman–Crippen LogP) is 2.78. The Morgan fingerprint density at radius 1 is 1.35 bits per heavy atom. The van der Waals surface area contributed by atoms with Crippen LogP contribution < -0.4 is 5.32 Å². The van der Waals surface area contributed by atoms with Crippen LogP contribution in [-0.2, 0) is 20.9 Å². The number of anilines is 1. The van der Waals surface area contributed by atoms with Crippen LogP contribution in [0.15, 0.2) is 16.6 Å². The van der Waals surface area contributed by atoms with Crippen molar-refractivity contribution in [1.29, 1.82) is 0 Å². The van der Waals surface area contributed by atoms with Gasteiger partial charge in [0.2, 0.25) is 5.91 Å². The molecule has 0 aliphatic heterocycles. The van der Waals surface area contributed by atoms with Gasteiger partial charge in [0.25, 0.3) is 0 Å². The van der Waals surface area contributed by atoms with Crippen LogP contribution in [-0.4, -0.2) is 11.9 Å². The van der Waals surface area contributed by atoms with E-state index in [1.807, 2.05) is 19.1 Å². The highest BCUT2D eigenvalue weighted by molar-refractivity contribution is 9.10. The Bertz CT molecular complexity index is 457. The Hall–Kier alpha value is -1.36. The van der Waals surface area contributed by atoms with Gasteiger partial charge < -0.3 is 10.1 Å². The smallest absolute Gasteiger partial charge is 0.302 e. The van der Waals surface area contributed by atoms with Crippen LogP contribution >= 0.6 is 15.9 Å². The SMILES string of the molecule is CC(=O)Nc1cc(C)c(COC(C)=O)cc1Br. The topological polar surface area (TPSA) is 55.4 Å². The van der Waals surface area contributed by atoms with Gasteiger partial charge in [0.05, 0.1) is 5.69 Å². The molecule has 0 saturated heterocycles. The van der Waals surface area contributed by atoms with Gasteiger partial charge in [-0.1, -0.05) is 0 Å². The Morgan fingerprint density at radius 3 is 2.53 bits per heavy atom. The molecule has 1 aromatic carbocycles. The van der Waals surface area contributed by atoms with Crippen molar-refractivity contribution in [3.05, 3.63) is 27.7 Å². The molecule has 0 radical (unpaired) electrons. The fourth-order valence-electron chi connectivity index (χ4n) is 1.34. The summed E-state index contributed by atoms with van der Waals surface area (Å²) in [5.74, 6) is -0.440. The van der Waals surface area contributed by atoms with Crippen molar-refractivity contribution in [2.75, 3.05) is 5.32 Å². The molecule has 1 aromatic rings. The second-order valence-electron chi connectivity index (χ2n) is 3.72. The molecule has 0 aliphatic carbocycles. The minimum atomic E-state index is -0.313. The summed E-state index contributed by atoms with van der Waals surface area (Å²) >= 11 is 3.36. The van der Waals surface area contributed by atoms with Gasteiger partial charge in [0.1, 0.15) is 6.61 Å². The van der Waals surface area contributed by atoms with Crippen molar-refractivity contribution in [2.45, 2.75) is 27.4 Å².